The highest BCUT2D eigenvalue weighted by Crippen LogP contribution is 2.28. The van der Waals surface area contributed by atoms with Crippen LogP contribution in [0.5, 0.6) is 0 Å². The van der Waals surface area contributed by atoms with E-state index in [0.717, 1.165) is 40.0 Å². The normalized spacial score (nSPS) is 12.7. The number of aliphatic hydroxyl groups excluding tert-OH is 1. The predicted octanol–water partition coefficient (Wildman–Crippen LogP) is 4.47. The number of benzene rings is 1. The fourth-order valence-electron chi connectivity index (χ4n) is 2.47. The zero-order valence-corrected chi connectivity index (χ0v) is 14.9. The number of rotatable bonds is 5. The maximum Gasteiger partial charge on any atom is 0.0851 e. The first-order valence-corrected chi connectivity index (χ1v) is 8.32. The van der Waals surface area contributed by atoms with E-state index in [9.17, 15) is 5.11 Å². The van der Waals surface area contributed by atoms with Gasteiger partial charge < -0.3 is 5.11 Å². The summed E-state index contributed by atoms with van der Waals surface area (Å²) in [4.78, 5) is 0. The lowest BCUT2D eigenvalue weighted by Crippen LogP contribution is -2.09. The van der Waals surface area contributed by atoms with Crippen molar-refractivity contribution in [2.45, 2.75) is 46.3 Å². The maximum absolute atomic E-state index is 10.5. The Kier molecular flexibility index (Phi) is 5.47. The molecule has 0 bridgehead atoms. The second-order valence-corrected chi connectivity index (χ2v) is 6.45. The largest absolute Gasteiger partial charge is 0.388 e. The van der Waals surface area contributed by atoms with Crippen LogP contribution in [0, 0.1) is 6.92 Å². The summed E-state index contributed by atoms with van der Waals surface area (Å²) in [5, 5.41) is 15.7. The second kappa shape index (κ2) is 6.95. The van der Waals surface area contributed by atoms with Gasteiger partial charge in [0, 0.05) is 17.4 Å². The molecule has 5 heteroatoms. The third-order valence-electron chi connectivity index (χ3n) is 3.53. The van der Waals surface area contributed by atoms with Gasteiger partial charge in [-0.1, -0.05) is 40.5 Å². The van der Waals surface area contributed by atoms with Crippen LogP contribution in [-0.4, -0.2) is 14.9 Å². The summed E-state index contributed by atoms with van der Waals surface area (Å²) in [5.74, 6) is 0. The van der Waals surface area contributed by atoms with Crippen molar-refractivity contribution in [3.05, 3.63) is 50.2 Å². The molecule has 0 radical (unpaired) electrons. The molecule has 1 atom stereocenters. The lowest BCUT2D eigenvalue weighted by atomic mass is 10.0. The highest BCUT2D eigenvalue weighted by molar-refractivity contribution is 9.10. The molecule has 1 aromatic carbocycles. The molecule has 0 spiro atoms. The average Bonchev–Trinajstić information content (AvgIpc) is 2.74. The van der Waals surface area contributed by atoms with Gasteiger partial charge in [-0.15, -0.1) is 0 Å². The smallest absolute Gasteiger partial charge is 0.0851 e. The quantitative estimate of drug-likeness (QED) is 0.842. The van der Waals surface area contributed by atoms with Gasteiger partial charge in [0.2, 0.25) is 0 Å². The third-order valence-corrected chi connectivity index (χ3v) is 4.42. The minimum absolute atomic E-state index is 0.468. The van der Waals surface area contributed by atoms with E-state index in [1.807, 2.05) is 43.7 Å². The molecule has 0 saturated carbocycles. The first-order chi connectivity index (χ1) is 9.96. The van der Waals surface area contributed by atoms with Crippen LogP contribution < -0.4 is 0 Å². The van der Waals surface area contributed by atoms with E-state index < -0.39 is 6.10 Å². The van der Waals surface area contributed by atoms with Gasteiger partial charge in [0.1, 0.15) is 0 Å². The van der Waals surface area contributed by atoms with Crippen LogP contribution in [0.15, 0.2) is 22.7 Å². The van der Waals surface area contributed by atoms with Crippen LogP contribution in [0.3, 0.4) is 0 Å². The zero-order valence-electron chi connectivity index (χ0n) is 12.5. The Labute approximate surface area is 139 Å². The van der Waals surface area contributed by atoms with Crippen molar-refractivity contribution in [3.63, 3.8) is 0 Å². The van der Waals surface area contributed by atoms with E-state index in [2.05, 4.69) is 21.0 Å². The van der Waals surface area contributed by atoms with Gasteiger partial charge in [0.05, 0.1) is 22.5 Å². The molecule has 0 fully saturated rings. The Bertz CT molecular complexity index is 619. The molecular formula is C16H20BrClN2O. The van der Waals surface area contributed by atoms with E-state index in [0.29, 0.717) is 11.4 Å². The van der Waals surface area contributed by atoms with Crippen molar-refractivity contribution >= 4 is 27.5 Å². The Morgan fingerprint density at radius 1 is 1.33 bits per heavy atom. The zero-order chi connectivity index (χ0) is 15.6. The van der Waals surface area contributed by atoms with Crippen molar-refractivity contribution < 1.29 is 5.11 Å². The topological polar surface area (TPSA) is 38.0 Å². The molecule has 0 amide bonds. The molecule has 0 saturated heterocycles. The molecule has 2 rings (SSSR count). The summed E-state index contributed by atoms with van der Waals surface area (Å²) in [5.41, 5.74) is 3.80. The third kappa shape index (κ3) is 3.68. The number of aliphatic hydroxyl groups is 1. The summed E-state index contributed by atoms with van der Waals surface area (Å²) in [7, 11) is 0. The summed E-state index contributed by atoms with van der Waals surface area (Å²) >= 11 is 9.87. The molecule has 3 nitrogen and oxygen atoms in total. The van der Waals surface area contributed by atoms with E-state index in [1.165, 1.54) is 0 Å². The van der Waals surface area contributed by atoms with Crippen LogP contribution in [-0.2, 0) is 19.4 Å². The van der Waals surface area contributed by atoms with Crippen molar-refractivity contribution in [2.75, 3.05) is 0 Å². The second-order valence-electron chi connectivity index (χ2n) is 5.16. The monoisotopic (exact) mass is 370 g/mol. The molecule has 2 aromatic rings. The van der Waals surface area contributed by atoms with Gasteiger partial charge in [-0.25, -0.2) is 0 Å². The van der Waals surface area contributed by atoms with Crippen molar-refractivity contribution in [3.8, 4) is 0 Å². The van der Waals surface area contributed by atoms with Gasteiger partial charge in [0.25, 0.3) is 0 Å². The number of halogens is 2. The number of nitrogens with zero attached hydrogens (tertiary/aromatic N) is 2. The minimum Gasteiger partial charge on any atom is -0.388 e. The predicted molar refractivity (Wildman–Crippen MR) is 89.8 cm³/mol. The van der Waals surface area contributed by atoms with E-state index in [-0.39, 0.29) is 0 Å². The van der Waals surface area contributed by atoms with Crippen LogP contribution in [0.2, 0.25) is 5.02 Å². The minimum atomic E-state index is -0.592. The number of hydrogen-bond donors (Lipinski definition) is 1. The Hall–Kier alpha value is -0.840. The maximum atomic E-state index is 10.5. The van der Waals surface area contributed by atoms with Crippen molar-refractivity contribution in [2.24, 2.45) is 0 Å². The summed E-state index contributed by atoms with van der Waals surface area (Å²) < 4.78 is 2.86. The first-order valence-electron chi connectivity index (χ1n) is 7.15. The van der Waals surface area contributed by atoms with E-state index >= 15 is 0 Å². The molecule has 114 valence electrons. The molecule has 0 aliphatic heterocycles. The fourth-order valence-corrected chi connectivity index (χ4v) is 3.44. The summed E-state index contributed by atoms with van der Waals surface area (Å²) in [6.45, 7) is 6.83. The number of aryl methyl sites for hydroxylation is 3. The van der Waals surface area contributed by atoms with Gasteiger partial charge in [-0.3, -0.25) is 4.68 Å². The molecule has 0 aliphatic carbocycles. The molecule has 1 unspecified atom stereocenters. The first kappa shape index (κ1) is 16.5. The number of hydrogen-bond acceptors (Lipinski definition) is 2. The standard InChI is InChI=1S/C16H20BrClN2O/c1-4-13-16(18)14(20(5-2)19-13)9-15(21)11-6-10(3)7-12(17)8-11/h6-8,15,21H,4-5,9H2,1-3H3. The highest BCUT2D eigenvalue weighted by Gasteiger charge is 2.19. The van der Waals surface area contributed by atoms with Crippen molar-refractivity contribution in [1.29, 1.82) is 0 Å². The SMILES string of the molecule is CCc1nn(CC)c(CC(O)c2cc(C)cc(Br)c2)c1Cl. The van der Waals surface area contributed by atoms with Crippen molar-refractivity contribution in [1.82, 2.24) is 9.78 Å². The Morgan fingerprint density at radius 3 is 2.62 bits per heavy atom. The van der Waals surface area contributed by atoms with Gasteiger partial charge in [-0.2, -0.15) is 5.10 Å². The van der Waals surface area contributed by atoms with Gasteiger partial charge in [-0.05, 0) is 43.5 Å². The van der Waals surface area contributed by atoms with Gasteiger partial charge in [0.15, 0.2) is 0 Å². The van der Waals surface area contributed by atoms with Crippen LogP contribution in [0.4, 0.5) is 0 Å². The van der Waals surface area contributed by atoms with E-state index in [1.54, 1.807) is 0 Å². The van der Waals surface area contributed by atoms with E-state index in [4.69, 9.17) is 11.6 Å². The molecule has 1 N–H and O–H groups in total. The average molecular weight is 372 g/mol. The summed E-state index contributed by atoms with van der Waals surface area (Å²) in [6.07, 6.45) is 0.672. The Morgan fingerprint density at radius 2 is 2.05 bits per heavy atom. The highest BCUT2D eigenvalue weighted by atomic mass is 79.9. The Balaban J connectivity index is 2.30. The lowest BCUT2D eigenvalue weighted by Gasteiger charge is -2.14. The molecule has 1 aromatic heterocycles. The molecule has 0 aliphatic rings. The molecule has 21 heavy (non-hydrogen) atoms. The van der Waals surface area contributed by atoms with Crippen LogP contribution in [0.25, 0.3) is 0 Å². The fraction of sp³-hybridized carbons (Fsp3) is 0.438. The van der Waals surface area contributed by atoms with Crippen LogP contribution in [0.1, 0.15) is 42.5 Å². The molecule has 1 heterocycles. The summed E-state index contributed by atoms with van der Waals surface area (Å²) in [6, 6.07) is 5.96. The molecular weight excluding hydrogens is 352 g/mol. The number of aromatic nitrogens is 2. The van der Waals surface area contributed by atoms with Crippen LogP contribution >= 0.6 is 27.5 Å². The van der Waals surface area contributed by atoms with Gasteiger partial charge >= 0.3 is 0 Å². The lowest BCUT2D eigenvalue weighted by molar-refractivity contribution is 0.175.